The lowest BCUT2D eigenvalue weighted by Crippen LogP contribution is -2.24. The van der Waals surface area contributed by atoms with Crippen molar-refractivity contribution in [1.29, 1.82) is 0 Å². The minimum atomic E-state index is -0.709. The molecular weight excluding hydrogens is 512 g/mol. The van der Waals surface area contributed by atoms with Gasteiger partial charge in [-0.15, -0.1) is 0 Å². The zero-order valence-corrected chi connectivity index (χ0v) is 20.7. The van der Waals surface area contributed by atoms with Crippen LogP contribution in [0.15, 0.2) is 36.4 Å². The average molecular weight is 537 g/mol. The van der Waals surface area contributed by atoms with Crippen LogP contribution in [0.4, 0.5) is 0 Å². The molecule has 0 unspecified atom stereocenters. The topological polar surface area (TPSA) is 98.8 Å². The Morgan fingerprint density at radius 3 is 2.32 bits per heavy atom. The molecule has 1 aliphatic rings. The van der Waals surface area contributed by atoms with Crippen molar-refractivity contribution in [2.24, 2.45) is 0 Å². The summed E-state index contributed by atoms with van der Waals surface area (Å²) in [4.78, 5) is 23.5. The molecule has 0 aromatic heterocycles. The van der Waals surface area contributed by atoms with Gasteiger partial charge in [0, 0.05) is 13.0 Å². The lowest BCUT2D eigenvalue weighted by atomic mass is 10.1. The Kier molecular flexibility index (Phi) is 8.64. The maximum atomic E-state index is 12.3. The second-order valence-electron chi connectivity index (χ2n) is 7.08. The van der Waals surface area contributed by atoms with Crippen LogP contribution in [0.3, 0.4) is 0 Å². The van der Waals surface area contributed by atoms with E-state index in [9.17, 15) is 9.59 Å². The molecule has 1 heterocycles. The number of hydrogen-bond donors (Lipinski definition) is 0. The normalized spacial score (nSPS) is 13.8. The van der Waals surface area contributed by atoms with Gasteiger partial charge in [-0.2, -0.15) is 0 Å². The first kappa shape index (κ1) is 25.2. The molecule has 9 nitrogen and oxygen atoms in total. The Bertz CT molecular complexity index is 1040. The number of hydrogen-bond acceptors (Lipinski definition) is 9. The molecule has 0 spiro atoms. The Labute approximate surface area is 205 Å². The van der Waals surface area contributed by atoms with Crippen molar-refractivity contribution in [2.45, 2.75) is 17.9 Å². The number of alkyl halides is 1. The van der Waals surface area contributed by atoms with E-state index in [1.807, 2.05) is 0 Å². The van der Waals surface area contributed by atoms with Crippen LogP contribution in [0.5, 0.6) is 28.7 Å². The van der Waals surface area contributed by atoms with Gasteiger partial charge in [0.05, 0.1) is 26.2 Å². The maximum Gasteiger partial charge on any atom is 0.330 e. The third-order valence-electron chi connectivity index (χ3n) is 4.83. The first-order valence-corrected chi connectivity index (χ1v) is 11.1. The van der Waals surface area contributed by atoms with Gasteiger partial charge in [0.1, 0.15) is 12.7 Å². The number of fused-ring (bicyclic) bond motifs is 1. The Balaban J connectivity index is 1.66. The van der Waals surface area contributed by atoms with Crippen LogP contribution in [0.25, 0.3) is 6.08 Å². The van der Waals surface area contributed by atoms with Crippen LogP contribution < -0.4 is 23.7 Å². The van der Waals surface area contributed by atoms with Gasteiger partial charge in [-0.3, -0.25) is 4.79 Å². The minimum absolute atomic E-state index is 0.0508. The lowest BCUT2D eigenvalue weighted by molar-refractivity contribution is -0.147. The molecule has 34 heavy (non-hydrogen) atoms. The van der Waals surface area contributed by atoms with Crippen LogP contribution in [0.2, 0.25) is 0 Å². The van der Waals surface area contributed by atoms with Crippen molar-refractivity contribution in [3.63, 3.8) is 0 Å². The van der Waals surface area contributed by atoms with Crippen LogP contribution in [0, 0.1) is 0 Å². The lowest BCUT2D eigenvalue weighted by Gasteiger charge is -2.22. The Morgan fingerprint density at radius 2 is 1.71 bits per heavy atom. The molecule has 2 aromatic carbocycles. The predicted molar refractivity (Wildman–Crippen MR) is 126 cm³/mol. The quantitative estimate of drug-likeness (QED) is 0.252. The summed E-state index contributed by atoms with van der Waals surface area (Å²) in [6.07, 6.45) is 2.14. The van der Waals surface area contributed by atoms with Crippen molar-refractivity contribution in [1.82, 2.24) is 0 Å². The molecule has 0 N–H and O–H groups in total. The Morgan fingerprint density at radius 1 is 1.03 bits per heavy atom. The van der Waals surface area contributed by atoms with Gasteiger partial charge in [-0.05, 0) is 41.5 Å². The number of ether oxygens (including phenoxy) is 7. The van der Waals surface area contributed by atoms with Crippen molar-refractivity contribution in [2.75, 3.05) is 34.7 Å². The highest BCUT2D eigenvalue weighted by Gasteiger charge is 2.27. The fourth-order valence-electron chi connectivity index (χ4n) is 3.28. The molecule has 3 rings (SSSR count). The molecule has 2 aromatic rings. The van der Waals surface area contributed by atoms with Gasteiger partial charge in [0.2, 0.25) is 12.5 Å². The molecule has 0 bridgehead atoms. The summed E-state index contributed by atoms with van der Waals surface area (Å²) in [5.41, 5.74) is 1.32. The first-order valence-electron chi connectivity index (χ1n) is 10.2. The number of benzene rings is 2. The second-order valence-corrected chi connectivity index (χ2v) is 8.26. The zero-order valence-electron chi connectivity index (χ0n) is 19.2. The summed E-state index contributed by atoms with van der Waals surface area (Å²) in [5, 5.41) is 0. The molecule has 2 atom stereocenters. The monoisotopic (exact) mass is 536 g/mol. The second kappa shape index (κ2) is 11.6. The van der Waals surface area contributed by atoms with E-state index in [2.05, 4.69) is 15.9 Å². The van der Waals surface area contributed by atoms with Gasteiger partial charge in [0.25, 0.3) is 0 Å². The average Bonchev–Trinajstić information content (AvgIpc) is 3.31. The summed E-state index contributed by atoms with van der Waals surface area (Å²) in [5.74, 6) is 1.49. The van der Waals surface area contributed by atoms with E-state index in [0.29, 0.717) is 39.9 Å². The van der Waals surface area contributed by atoms with E-state index in [-0.39, 0.29) is 13.4 Å². The summed E-state index contributed by atoms with van der Waals surface area (Å²) < 4.78 is 37.4. The number of carbonyl (C=O) groups is 2. The van der Waals surface area contributed by atoms with Crippen LogP contribution in [0.1, 0.15) is 24.2 Å². The van der Waals surface area contributed by atoms with Crippen molar-refractivity contribution >= 4 is 33.9 Å². The van der Waals surface area contributed by atoms with Crippen molar-refractivity contribution in [3.05, 3.63) is 47.5 Å². The molecule has 10 heteroatoms. The molecule has 0 aliphatic carbocycles. The number of esters is 2. The van der Waals surface area contributed by atoms with Crippen LogP contribution >= 0.6 is 15.9 Å². The number of methoxy groups -OCH3 is 3. The highest BCUT2D eigenvalue weighted by molar-refractivity contribution is 9.09. The van der Waals surface area contributed by atoms with Gasteiger partial charge < -0.3 is 33.2 Å². The SMILES string of the molecule is COc1cc(/C=C/C(=O)OC[C@H](Br)[C@H](OC(C)=O)c2ccc3c(c2)OCO3)cc(OC)c1OC. The third-order valence-corrected chi connectivity index (χ3v) is 5.57. The highest BCUT2D eigenvalue weighted by Crippen LogP contribution is 2.39. The summed E-state index contributed by atoms with van der Waals surface area (Å²) in [6.45, 7) is 1.39. The van der Waals surface area contributed by atoms with Crippen molar-refractivity contribution < 1.29 is 42.7 Å². The summed E-state index contributed by atoms with van der Waals surface area (Å²) in [7, 11) is 4.53. The molecular formula is C24H25BrO9. The molecule has 0 saturated heterocycles. The molecule has 1 aliphatic heterocycles. The number of carbonyl (C=O) groups excluding carboxylic acids is 2. The largest absolute Gasteiger partial charge is 0.493 e. The van der Waals surface area contributed by atoms with Crippen molar-refractivity contribution in [3.8, 4) is 28.7 Å². The zero-order chi connectivity index (χ0) is 24.7. The summed E-state index contributed by atoms with van der Waals surface area (Å²) in [6, 6.07) is 8.64. The van der Waals surface area contributed by atoms with Gasteiger partial charge in [0.15, 0.2) is 23.0 Å². The number of rotatable bonds is 10. The minimum Gasteiger partial charge on any atom is -0.493 e. The Hall–Kier alpha value is -3.40. The van der Waals surface area contributed by atoms with E-state index in [1.54, 1.807) is 36.4 Å². The smallest absolute Gasteiger partial charge is 0.330 e. The van der Waals surface area contributed by atoms with Gasteiger partial charge >= 0.3 is 11.9 Å². The first-order chi connectivity index (χ1) is 16.4. The van der Waals surface area contributed by atoms with E-state index >= 15 is 0 Å². The third kappa shape index (κ3) is 6.13. The molecule has 0 amide bonds. The molecule has 182 valence electrons. The predicted octanol–water partition coefficient (Wildman–Crippen LogP) is 4.07. The van der Waals surface area contributed by atoms with E-state index in [0.717, 1.165) is 0 Å². The fourth-order valence-corrected chi connectivity index (χ4v) is 3.82. The van der Waals surface area contributed by atoms with E-state index in [1.165, 1.54) is 34.3 Å². The molecule has 0 fully saturated rings. The summed E-state index contributed by atoms with van der Waals surface area (Å²) >= 11 is 3.47. The van der Waals surface area contributed by atoms with Crippen LogP contribution in [-0.2, 0) is 19.1 Å². The number of halogens is 1. The van der Waals surface area contributed by atoms with Crippen LogP contribution in [-0.4, -0.2) is 51.5 Å². The van der Waals surface area contributed by atoms with E-state index < -0.39 is 22.9 Å². The fraction of sp³-hybridized carbons (Fsp3) is 0.333. The standard InChI is InChI=1S/C24H25BrO9/c1-14(26)34-23(16-6-7-18-19(11-16)33-13-32-18)17(25)12-31-22(27)8-5-15-9-20(28-2)24(30-4)21(10-15)29-3/h5-11,17,23H,12-13H2,1-4H3/b8-5+/t17-,23+/m0/s1. The molecule has 0 radical (unpaired) electrons. The highest BCUT2D eigenvalue weighted by atomic mass is 79.9. The van der Waals surface area contributed by atoms with Gasteiger partial charge in [-0.1, -0.05) is 22.0 Å². The van der Waals surface area contributed by atoms with Gasteiger partial charge in [-0.25, -0.2) is 4.79 Å². The van der Waals surface area contributed by atoms with E-state index in [4.69, 9.17) is 33.2 Å². The maximum absolute atomic E-state index is 12.3. The molecule has 0 saturated carbocycles.